The van der Waals surface area contributed by atoms with Crippen molar-refractivity contribution in [2.45, 2.75) is 83.1 Å². The monoisotopic (exact) mass is 925 g/mol. The van der Waals surface area contributed by atoms with Crippen LogP contribution in [-0.4, -0.2) is 38.5 Å². The minimum absolute atomic E-state index is 0. The molecule has 2 aliphatic rings. The van der Waals surface area contributed by atoms with Gasteiger partial charge in [0, 0.05) is 25.7 Å². The predicted octanol–water partition coefficient (Wildman–Crippen LogP) is 10.3. The van der Waals surface area contributed by atoms with Crippen LogP contribution in [-0.2, 0) is 52.7 Å². The van der Waals surface area contributed by atoms with Crippen LogP contribution in [0.15, 0.2) is 146 Å². The van der Waals surface area contributed by atoms with Crippen molar-refractivity contribution >= 4 is 49.0 Å². The van der Waals surface area contributed by atoms with E-state index in [-0.39, 0.29) is 57.9 Å². The standard InChI is InChI=1S/2C17H19P.C6H7N2.2C2H4O2.2CH3.Fe.Ru/c2*1-3-9-15(10-4-1)18(17-13-7-8-14-17)16-11-5-2-6-12-16;7-5-6-3-1-2-4-8-6;2*1-2(3)4;;;;/h2*1-6,9-12,17H,7-8,13-14H2;1-4,7H,5H2;2*1H3,(H,3,4);2*1H3;;/q;;-1;;;2*-1;+2;+1/p+2. The molecule has 0 aliphatic heterocycles. The number of nitrogens with zero attached hydrogens (tertiary/aromatic N) is 1. The van der Waals surface area contributed by atoms with Crippen LogP contribution in [0.3, 0.4) is 0 Å². The Balaban J connectivity index is 0. The van der Waals surface area contributed by atoms with E-state index in [9.17, 15) is 0 Å². The summed E-state index contributed by atoms with van der Waals surface area (Å²) in [6.07, 6.45) is 13.1. The quantitative estimate of drug-likeness (QED) is 0.0960. The van der Waals surface area contributed by atoms with Crippen LogP contribution in [0, 0.1) is 14.9 Å². The first-order chi connectivity index (χ1) is 25.3. The average Bonchev–Trinajstić information content (AvgIpc) is 3.90. The fourth-order valence-electron chi connectivity index (χ4n) is 6.68. The Bertz CT molecular complexity index is 1470. The average molecular weight is 925 g/mol. The number of aromatic nitrogens is 1. The molecule has 7 rings (SSSR count). The first-order valence-electron chi connectivity index (χ1n) is 18.2. The molecule has 0 bridgehead atoms. The van der Waals surface area contributed by atoms with Gasteiger partial charge in [-0.3, -0.25) is 14.6 Å². The summed E-state index contributed by atoms with van der Waals surface area (Å²) >= 11 is 0. The molecule has 0 unspecified atom stereocenters. The van der Waals surface area contributed by atoms with E-state index in [4.69, 9.17) is 25.5 Å². The molecule has 0 atom stereocenters. The van der Waals surface area contributed by atoms with Crippen LogP contribution < -0.4 is 21.2 Å². The van der Waals surface area contributed by atoms with E-state index in [2.05, 4.69) is 126 Å². The summed E-state index contributed by atoms with van der Waals surface area (Å²) in [6, 6.07) is 50.3. The van der Waals surface area contributed by atoms with Gasteiger partial charge in [0.2, 0.25) is 0 Å². The second-order valence-corrected chi connectivity index (χ2v) is 18.4. The predicted molar refractivity (Wildman–Crippen MR) is 237 cm³/mol. The van der Waals surface area contributed by atoms with Gasteiger partial charge < -0.3 is 30.8 Å². The zero-order valence-electron chi connectivity index (χ0n) is 33.2. The van der Waals surface area contributed by atoms with Gasteiger partial charge >= 0.3 is 36.5 Å². The third kappa shape index (κ3) is 21.5. The van der Waals surface area contributed by atoms with Crippen molar-refractivity contribution in [3.8, 4) is 0 Å². The molecule has 56 heavy (non-hydrogen) atoms. The Labute approximate surface area is 363 Å². The molecule has 4 aromatic carbocycles. The molecule has 0 spiro atoms. The Morgan fingerprint density at radius 3 is 1.00 bits per heavy atom. The fraction of sp³-hybridized carbons (Fsp3) is 0.283. The number of hydrogen-bond donors (Lipinski definition) is 2. The van der Waals surface area contributed by atoms with Crippen LogP contribution >= 0.6 is 15.8 Å². The molecule has 2 aliphatic carbocycles. The number of carboxylic acids is 2. The zero-order valence-corrected chi connectivity index (χ0v) is 38.1. The Morgan fingerprint density at radius 1 is 0.554 bits per heavy atom. The van der Waals surface area contributed by atoms with Crippen molar-refractivity contribution in [3.63, 3.8) is 0 Å². The van der Waals surface area contributed by atoms with E-state index in [0.29, 0.717) is 0 Å². The number of pyridine rings is 1. The van der Waals surface area contributed by atoms with E-state index in [1.54, 1.807) is 27.4 Å². The third-order valence-corrected chi connectivity index (χ3v) is 15.4. The van der Waals surface area contributed by atoms with Gasteiger partial charge in [-0.2, -0.15) is 0 Å². The van der Waals surface area contributed by atoms with E-state index < -0.39 is 27.8 Å². The van der Waals surface area contributed by atoms with Crippen LogP contribution in [0.25, 0.3) is 5.73 Å². The summed E-state index contributed by atoms with van der Waals surface area (Å²) in [4.78, 5) is 21.9. The molecule has 0 amide bonds. The zero-order chi connectivity index (χ0) is 37.4. The number of carboxylic acid groups (broad SMARTS) is 2. The number of benzene rings is 4. The van der Waals surface area contributed by atoms with Gasteiger partial charge in [-0.05, 0) is 112 Å². The summed E-state index contributed by atoms with van der Waals surface area (Å²) in [6.45, 7) is 2.45. The van der Waals surface area contributed by atoms with Crippen molar-refractivity contribution in [1.29, 1.82) is 0 Å². The summed E-state index contributed by atoms with van der Waals surface area (Å²) in [7, 11) is -1.15. The minimum atomic E-state index is -0.833. The second kappa shape index (κ2) is 33.0. The van der Waals surface area contributed by atoms with Crippen molar-refractivity contribution in [1.82, 2.24) is 4.98 Å². The van der Waals surface area contributed by atoms with Gasteiger partial charge in [0.25, 0.3) is 11.9 Å². The number of carbonyl (C=O) groups is 2. The molecule has 2 saturated carbocycles. The molecular weight excluding hydrogens is 863 g/mol. The third-order valence-electron chi connectivity index (χ3n) is 8.77. The smallest absolute Gasteiger partial charge is 0.672 e. The van der Waals surface area contributed by atoms with Crippen molar-refractivity contribution < 1.29 is 56.3 Å². The maximum atomic E-state index is 9.00. The van der Waals surface area contributed by atoms with Crippen molar-refractivity contribution in [3.05, 3.63) is 172 Å². The summed E-state index contributed by atoms with van der Waals surface area (Å²) in [5.74, 6) is -1.67. The molecule has 303 valence electrons. The Kier molecular flexibility index (Phi) is 32.4. The Morgan fingerprint density at radius 2 is 0.804 bits per heavy atom. The molecule has 0 saturated heterocycles. The van der Waals surface area contributed by atoms with Crippen molar-refractivity contribution in [2.24, 2.45) is 0 Å². The van der Waals surface area contributed by atoms with Gasteiger partial charge in [0.1, 0.15) is 0 Å². The fourth-order valence-corrected chi connectivity index (χ4v) is 13.4. The number of aliphatic carboxylic acids is 2. The van der Waals surface area contributed by atoms with Crippen LogP contribution in [0.4, 0.5) is 0 Å². The summed E-state index contributed by atoms with van der Waals surface area (Å²) in [5, 5.41) is 21.2. The summed E-state index contributed by atoms with van der Waals surface area (Å²) in [5.41, 5.74) is 9.57. The molecule has 1 heterocycles. The largest absolute Gasteiger partial charge is 2.00 e. The van der Waals surface area contributed by atoms with Gasteiger partial charge in [0.15, 0.2) is 0 Å². The SMILES string of the molecule is CC(=O)O.CC(=O)O.[CH3-].[CH3-].[Fe+2].[NH-]Cc1ccccn1.[Ru+].c1ccc([PH+](c2ccccc2)C2CCCC2)cc1.c1ccc([PH+](c2ccccc2)C2CCCC2)cc1. The number of hydrogen-bond acceptors (Lipinski definition) is 3. The normalized spacial score (nSPS) is 12.7. The molecule has 1 aromatic heterocycles. The van der Waals surface area contributed by atoms with Crippen LogP contribution in [0.5, 0.6) is 0 Å². The topological polar surface area (TPSA) is 111 Å². The van der Waals surface area contributed by atoms with Gasteiger partial charge in [-0.25, -0.2) is 0 Å². The molecular formula is C46H61FeN2O4P2Ru+2. The molecule has 5 aromatic rings. The van der Waals surface area contributed by atoms with E-state index in [0.717, 1.165) is 30.9 Å². The molecule has 3 N–H and O–H groups in total. The van der Waals surface area contributed by atoms with E-state index >= 15 is 0 Å². The van der Waals surface area contributed by atoms with Gasteiger partial charge in [-0.15, -0.1) is 6.54 Å². The molecule has 10 heteroatoms. The van der Waals surface area contributed by atoms with Gasteiger partial charge in [0.05, 0.1) is 48.4 Å². The molecule has 6 nitrogen and oxygen atoms in total. The number of nitrogens with one attached hydrogen (secondary N) is 1. The molecule has 1 radical (unpaired) electrons. The summed E-state index contributed by atoms with van der Waals surface area (Å²) < 4.78 is 0. The van der Waals surface area contributed by atoms with Crippen LogP contribution in [0.1, 0.15) is 70.9 Å². The first-order valence-corrected chi connectivity index (χ1v) is 21.3. The second-order valence-electron chi connectivity index (χ2n) is 12.8. The first kappa shape index (κ1) is 55.0. The van der Waals surface area contributed by atoms with E-state index in [1.165, 1.54) is 51.4 Å². The maximum Gasteiger partial charge on any atom is 2.00 e. The van der Waals surface area contributed by atoms with Crippen molar-refractivity contribution in [2.75, 3.05) is 0 Å². The molecule has 2 fully saturated rings. The van der Waals surface area contributed by atoms with Crippen LogP contribution in [0.2, 0.25) is 0 Å². The maximum absolute atomic E-state index is 9.00. The Hall–Kier alpha value is -3.07. The number of rotatable bonds is 7. The van der Waals surface area contributed by atoms with Gasteiger partial charge in [-0.1, -0.05) is 78.9 Å². The van der Waals surface area contributed by atoms with E-state index in [1.807, 2.05) is 18.2 Å². The minimum Gasteiger partial charge on any atom is -0.672 e.